The molecule has 0 aromatic heterocycles. The quantitative estimate of drug-likeness (QED) is 0.749. The third kappa shape index (κ3) is 6.64. The molecule has 0 aliphatic carbocycles. The summed E-state index contributed by atoms with van der Waals surface area (Å²) in [5.74, 6) is 0. The Labute approximate surface area is 98.2 Å². The molecule has 0 saturated carbocycles. The molecular formula is C9H27NO2Si3. The summed E-state index contributed by atoms with van der Waals surface area (Å²) in [6.45, 7) is 15.5. The van der Waals surface area contributed by atoms with Crippen LogP contribution in [-0.2, 0) is 8.23 Å². The fourth-order valence-corrected chi connectivity index (χ4v) is 12.2. The standard InChI is InChI=1S/C9H27NO2Si3/c1-9-15(10-2,11-13(3,4)5)12-14(6,7)8/h10H,9H2,1-8H3. The van der Waals surface area contributed by atoms with E-state index in [-0.39, 0.29) is 0 Å². The van der Waals surface area contributed by atoms with Gasteiger partial charge in [-0.2, -0.15) is 0 Å². The van der Waals surface area contributed by atoms with Gasteiger partial charge in [-0.3, -0.25) is 4.98 Å². The first kappa shape index (κ1) is 15.5. The Hall–Kier alpha value is 0.531. The van der Waals surface area contributed by atoms with Gasteiger partial charge >= 0.3 is 8.72 Å². The highest BCUT2D eigenvalue weighted by atomic mass is 28.5. The lowest BCUT2D eigenvalue weighted by molar-refractivity contribution is 0.361. The zero-order valence-electron chi connectivity index (χ0n) is 11.5. The summed E-state index contributed by atoms with van der Waals surface area (Å²) >= 11 is 0. The summed E-state index contributed by atoms with van der Waals surface area (Å²) in [6.07, 6.45) is 0. The van der Waals surface area contributed by atoms with Crippen LogP contribution in [0, 0.1) is 0 Å². The molecule has 92 valence electrons. The van der Waals surface area contributed by atoms with Crippen LogP contribution in [0.15, 0.2) is 0 Å². The summed E-state index contributed by atoms with van der Waals surface area (Å²) in [5.41, 5.74) is 0. The summed E-state index contributed by atoms with van der Waals surface area (Å²) in [5, 5.41) is 0. The van der Waals surface area contributed by atoms with Crippen LogP contribution in [0.3, 0.4) is 0 Å². The zero-order valence-corrected chi connectivity index (χ0v) is 14.5. The molecule has 15 heavy (non-hydrogen) atoms. The van der Waals surface area contributed by atoms with Crippen LogP contribution in [0.2, 0.25) is 45.3 Å². The fourth-order valence-electron chi connectivity index (χ4n) is 1.43. The molecule has 0 rings (SSSR count). The molecule has 0 spiro atoms. The van der Waals surface area contributed by atoms with Gasteiger partial charge in [0.15, 0.2) is 16.6 Å². The van der Waals surface area contributed by atoms with Crippen LogP contribution in [0.5, 0.6) is 0 Å². The van der Waals surface area contributed by atoms with Gasteiger partial charge in [-0.05, 0) is 46.3 Å². The van der Waals surface area contributed by atoms with E-state index in [0.29, 0.717) is 0 Å². The van der Waals surface area contributed by atoms with Crippen LogP contribution in [-0.4, -0.2) is 32.4 Å². The molecule has 0 unspecified atom stereocenters. The van der Waals surface area contributed by atoms with Gasteiger partial charge in [0.1, 0.15) is 0 Å². The minimum absolute atomic E-state index is 0.970. The molecule has 0 atom stereocenters. The Morgan fingerprint density at radius 3 is 1.33 bits per heavy atom. The lowest BCUT2D eigenvalue weighted by Crippen LogP contribution is -2.62. The lowest BCUT2D eigenvalue weighted by Gasteiger charge is -2.39. The van der Waals surface area contributed by atoms with Gasteiger partial charge in [0.05, 0.1) is 0 Å². The van der Waals surface area contributed by atoms with E-state index in [1.54, 1.807) is 0 Å². The van der Waals surface area contributed by atoms with Crippen molar-refractivity contribution in [3.8, 4) is 0 Å². The topological polar surface area (TPSA) is 30.5 Å². The first-order valence-electron chi connectivity index (χ1n) is 5.63. The maximum absolute atomic E-state index is 6.28. The summed E-state index contributed by atoms with van der Waals surface area (Å²) in [6, 6.07) is 0.970. The predicted octanol–water partition coefficient (Wildman–Crippen LogP) is 2.87. The normalized spacial score (nSPS) is 14.4. The van der Waals surface area contributed by atoms with Gasteiger partial charge in [-0.15, -0.1) is 0 Å². The highest BCUT2D eigenvalue weighted by Gasteiger charge is 2.42. The molecule has 0 aliphatic rings. The average molecular weight is 266 g/mol. The van der Waals surface area contributed by atoms with Crippen molar-refractivity contribution in [2.24, 2.45) is 0 Å². The second-order valence-electron chi connectivity index (χ2n) is 5.79. The maximum Gasteiger partial charge on any atom is 0.403 e. The molecule has 0 fully saturated rings. The fraction of sp³-hybridized carbons (Fsp3) is 1.00. The van der Waals surface area contributed by atoms with Crippen LogP contribution in [0.25, 0.3) is 0 Å². The van der Waals surface area contributed by atoms with Crippen molar-refractivity contribution in [1.82, 2.24) is 4.98 Å². The van der Waals surface area contributed by atoms with Crippen molar-refractivity contribution in [3.05, 3.63) is 0 Å². The predicted molar refractivity (Wildman–Crippen MR) is 74.2 cm³/mol. The summed E-state index contributed by atoms with van der Waals surface area (Å²) in [7, 11) is -3.25. The van der Waals surface area contributed by atoms with E-state index in [4.69, 9.17) is 8.23 Å². The van der Waals surface area contributed by atoms with Crippen molar-refractivity contribution >= 4 is 25.4 Å². The van der Waals surface area contributed by atoms with Crippen LogP contribution < -0.4 is 4.98 Å². The first-order chi connectivity index (χ1) is 6.54. The summed E-state index contributed by atoms with van der Waals surface area (Å²) in [4.78, 5) is 3.34. The highest BCUT2D eigenvalue weighted by Crippen LogP contribution is 2.21. The van der Waals surface area contributed by atoms with E-state index in [1.807, 2.05) is 7.05 Å². The van der Waals surface area contributed by atoms with Gasteiger partial charge < -0.3 is 8.23 Å². The van der Waals surface area contributed by atoms with E-state index in [2.05, 4.69) is 51.2 Å². The van der Waals surface area contributed by atoms with E-state index in [0.717, 1.165) is 6.04 Å². The highest BCUT2D eigenvalue weighted by molar-refractivity contribution is 6.87. The average Bonchev–Trinajstić information content (AvgIpc) is 1.98. The number of nitrogens with one attached hydrogen (secondary N) is 1. The second kappa shape index (κ2) is 5.24. The number of hydrogen-bond donors (Lipinski definition) is 1. The molecule has 3 nitrogen and oxygen atoms in total. The summed E-state index contributed by atoms with van der Waals surface area (Å²) < 4.78 is 12.6. The van der Waals surface area contributed by atoms with Crippen molar-refractivity contribution in [2.45, 2.75) is 52.2 Å². The first-order valence-corrected chi connectivity index (χ1v) is 14.5. The Balaban J connectivity index is 4.74. The SMILES string of the molecule is CC[Si](NC)(O[Si](C)(C)C)O[Si](C)(C)C. The van der Waals surface area contributed by atoms with Crippen molar-refractivity contribution in [1.29, 1.82) is 0 Å². The maximum atomic E-state index is 6.28. The van der Waals surface area contributed by atoms with Crippen LogP contribution >= 0.6 is 0 Å². The Morgan fingerprint density at radius 2 is 1.20 bits per heavy atom. The van der Waals surface area contributed by atoms with Gasteiger partial charge in [0.2, 0.25) is 0 Å². The van der Waals surface area contributed by atoms with Crippen molar-refractivity contribution in [3.63, 3.8) is 0 Å². The van der Waals surface area contributed by atoms with E-state index in [1.165, 1.54) is 0 Å². The minimum atomic E-state index is -2.14. The van der Waals surface area contributed by atoms with Crippen LogP contribution in [0.1, 0.15) is 6.92 Å². The number of rotatable bonds is 6. The molecule has 0 radical (unpaired) electrons. The molecule has 0 aromatic carbocycles. The molecule has 0 aliphatic heterocycles. The molecule has 0 bridgehead atoms. The molecular weight excluding hydrogens is 238 g/mol. The smallest absolute Gasteiger partial charge is 0.403 e. The monoisotopic (exact) mass is 265 g/mol. The Kier molecular flexibility index (Phi) is 5.43. The Bertz CT molecular complexity index is 177. The molecule has 0 amide bonds. The number of hydrogen-bond acceptors (Lipinski definition) is 3. The van der Waals surface area contributed by atoms with Gasteiger partial charge in [0, 0.05) is 6.04 Å². The molecule has 0 saturated heterocycles. The second-order valence-corrected chi connectivity index (χ2v) is 18.6. The largest absolute Gasteiger partial charge is 0.425 e. The van der Waals surface area contributed by atoms with Crippen molar-refractivity contribution in [2.75, 3.05) is 7.05 Å². The molecule has 0 aromatic rings. The third-order valence-electron chi connectivity index (χ3n) is 1.79. The van der Waals surface area contributed by atoms with Gasteiger partial charge in [-0.1, -0.05) is 6.92 Å². The van der Waals surface area contributed by atoms with Crippen molar-refractivity contribution < 1.29 is 8.23 Å². The lowest BCUT2D eigenvalue weighted by atomic mass is 11.0. The van der Waals surface area contributed by atoms with E-state index >= 15 is 0 Å². The van der Waals surface area contributed by atoms with Gasteiger partial charge in [0.25, 0.3) is 0 Å². The molecule has 0 heterocycles. The zero-order chi connectivity index (χ0) is 12.3. The molecule has 1 N–H and O–H groups in total. The minimum Gasteiger partial charge on any atom is -0.425 e. The Morgan fingerprint density at radius 1 is 0.867 bits per heavy atom. The van der Waals surface area contributed by atoms with E-state index < -0.39 is 25.4 Å². The molecule has 6 heteroatoms. The van der Waals surface area contributed by atoms with Crippen LogP contribution in [0.4, 0.5) is 0 Å². The van der Waals surface area contributed by atoms with Gasteiger partial charge in [-0.25, -0.2) is 0 Å². The van der Waals surface area contributed by atoms with E-state index in [9.17, 15) is 0 Å². The third-order valence-corrected chi connectivity index (χ3v) is 11.0.